The number of nitrogens with zero attached hydrogens (tertiary/aromatic N) is 1. The molecule has 1 amide bonds. The molecular weight excluding hydrogens is 228 g/mol. The highest BCUT2D eigenvalue weighted by Gasteiger charge is 2.24. The van der Waals surface area contributed by atoms with E-state index < -0.39 is 11.6 Å². The Hall–Kier alpha value is -1.53. The Balaban J connectivity index is 1.87. The smallest absolute Gasteiger partial charge is 0.238 e. The van der Waals surface area contributed by atoms with E-state index in [1.807, 2.05) is 4.90 Å². The summed E-state index contributed by atoms with van der Waals surface area (Å²) in [4.78, 5) is 13.4. The first kappa shape index (κ1) is 11.9. The zero-order valence-electron chi connectivity index (χ0n) is 9.12. The fourth-order valence-electron chi connectivity index (χ4n) is 1.72. The van der Waals surface area contributed by atoms with E-state index in [0.717, 1.165) is 12.1 Å². The van der Waals surface area contributed by atoms with Gasteiger partial charge in [-0.1, -0.05) is 0 Å². The largest absolute Gasteiger partial charge is 0.325 e. The lowest BCUT2D eigenvalue weighted by molar-refractivity contribution is -0.118. The predicted molar refractivity (Wildman–Crippen MR) is 59.4 cm³/mol. The van der Waals surface area contributed by atoms with E-state index in [1.165, 1.54) is 6.07 Å². The first-order valence-electron chi connectivity index (χ1n) is 5.27. The molecule has 1 heterocycles. The van der Waals surface area contributed by atoms with Crippen molar-refractivity contribution in [2.75, 3.05) is 25.0 Å². The third kappa shape index (κ3) is 2.98. The summed E-state index contributed by atoms with van der Waals surface area (Å²) < 4.78 is 25.5. The van der Waals surface area contributed by atoms with Crippen LogP contribution in [0.4, 0.5) is 14.5 Å². The number of hydrogen-bond acceptors (Lipinski definition) is 3. The molecule has 0 aliphatic carbocycles. The van der Waals surface area contributed by atoms with Crippen LogP contribution in [0.25, 0.3) is 0 Å². The Morgan fingerprint density at radius 3 is 2.71 bits per heavy atom. The van der Waals surface area contributed by atoms with Crippen LogP contribution in [0.3, 0.4) is 0 Å². The molecule has 4 nitrogen and oxygen atoms in total. The van der Waals surface area contributed by atoms with Gasteiger partial charge in [-0.25, -0.2) is 8.78 Å². The van der Waals surface area contributed by atoms with Gasteiger partial charge in [-0.05, 0) is 12.1 Å². The number of benzene rings is 1. The van der Waals surface area contributed by atoms with Gasteiger partial charge in [0.1, 0.15) is 0 Å². The Morgan fingerprint density at radius 1 is 1.41 bits per heavy atom. The summed E-state index contributed by atoms with van der Waals surface area (Å²) in [5.41, 5.74) is 5.82. The number of rotatable bonds is 3. The van der Waals surface area contributed by atoms with Gasteiger partial charge in [-0.2, -0.15) is 0 Å². The Morgan fingerprint density at radius 2 is 2.12 bits per heavy atom. The fourth-order valence-corrected chi connectivity index (χ4v) is 1.72. The van der Waals surface area contributed by atoms with E-state index >= 15 is 0 Å². The number of hydrogen-bond donors (Lipinski definition) is 2. The Bertz CT molecular complexity index is 433. The molecule has 0 bridgehead atoms. The minimum absolute atomic E-state index is 0.131. The quantitative estimate of drug-likeness (QED) is 0.812. The molecule has 0 radical (unpaired) electrons. The van der Waals surface area contributed by atoms with Crippen LogP contribution in [-0.4, -0.2) is 36.5 Å². The second kappa shape index (κ2) is 4.77. The van der Waals surface area contributed by atoms with Crippen molar-refractivity contribution < 1.29 is 13.6 Å². The normalized spacial score (nSPS) is 16.6. The van der Waals surface area contributed by atoms with Crippen LogP contribution in [0.5, 0.6) is 0 Å². The van der Waals surface area contributed by atoms with E-state index in [-0.39, 0.29) is 24.2 Å². The Kier molecular flexibility index (Phi) is 3.35. The number of halogens is 2. The lowest BCUT2D eigenvalue weighted by Gasteiger charge is -2.36. The highest BCUT2D eigenvalue weighted by molar-refractivity contribution is 5.92. The topological polar surface area (TPSA) is 58.4 Å². The molecular formula is C11H13F2N3O. The molecule has 0 unspecified atom stereocenters. The molecule has 0 aromatic heterocycles. The molecule has 0 spiro atoms. The summed E-state index contributed by atoms with van der Waals surface area (Å²) in [7, 11) is 0. The van der Waals surface area contributed by atoms with Gasteiger partial charge in [0.15, 0.2) is 11.6 Å². The van der Waals surface area contributed by atoms with Crippen LogP contribution < -0.4 is 11.1 Å². The van der Waals surface area contributed by atoms with Gasteiger partial charge in [-0.15, -0.1) is 0 Å². The van der Waals surface area contributed by atoms with Crippen LogP contribution in [0, 0.1) is 11.6 Å². The van der Waals surface area contributed by atoms with Crippen molar-refractivity contribution >= 4 is 11.6 Å². The fraction of sp³-hybridized carbons (Fsp3) is 0.364. The summed E-state index contributed by atoms with van der Waals surface area (Å²) in [5.74, 6) is -2.17. The predicted octanol–water partition coefficient (Wildman–Crippen LogP) is 0.546. The van der Waals surface area contributed by atoms with Gasteiger partial charge in [-0.3, -0.25) is 9.69 Å². The highest BCUT2D eigenvalue weighted by atomic mass is 19.2. The van der Waals surface area contributed by atoms with Gasteiger partial charge in [0.2, 0.25) is 5.91 Å². The first-order chi connectivity index (χ1) is 8.04. The van der Waals surface area contributed by atoms with Crippen molar-refractivity contribution in [2.45, 2.75) is 6.04 Å². The number of carbonyl (C=O) groups is 1. The number of anilines is 1. The molecule has 1 aromatic carbocycles. The molecule has 1 fully saturated rings. The summed E-state index contributed by atoms with van der Waals surface area (Å²) in [6, 6.07) is 3.38. The average Bonchev–Trinajstić information content (AvgIpc) is 2.21. The number of nitrogens with two attached hydrogens (primary N) is 1. The number of nitrogens with one attached hydrogen (secondary N) is 1. The molecule has 1 saturated heterocycles. The second-order valence-electron chi connectivity index (χ2n) is 4.13. The molecule has 0 saturated carbocycles. The van der Waals surface area contributed by atoms with Crippen molar-refractivity contribution in [3.05, 3.63) is 29.8 Å². The van der Waals surface area contributed by atoms with E-state index in [0.29, 0.717) is 13.1 Å². The monoisotopic (exact) mass is 241 g/mol. The number of likely N-dealkylation sites (tertiary alicyclic amines) is 1. The van der Waals surface area contributed by atoms with Crippen molar-refractivity contribution in [3.8, 4) is 0 Å². The molecule has 1 aliphatic heterocycles. The lowest BCUT2D eigenvalue weighted by Crippen LogP contribution is -2.57. The van der Waals surface area contributed by atoms with Crippen LogP contribution in [0.1, 0.15) is 0 Å². The van der Waals surface area contributed by atoms with Crippen LogP contribution in [0.2, 0.25) is 0 Å². The number of amides is 1. The van der Waals surface area contributed by atoms with Crippen molar-refractivity contribution in [1.82, 2.24) is 4.90 Å². The van der Waals surface area contributed by atoms with Gasteiger partial charge in [0.05, 0.1) is 6.54 Å². The first-order valence-corrected chi connectivity index (χ1v) is 5.27. The van der Waals surface area contributed by atoms with E-state index in [9.17, 15) is 13.6 Å². The third-order valence-electron chi connectivity index (χ3n) is 2.56. The maximum atomic E-state index is 12.9. The number of carbonyl (C=O) groups excluding carboxylic acids is 1. The zero-order chi connectivity index (χ0) is 12.4. The van der Waals surface area contributed by atoms with Gasteiger partial charge >= 0.3 is 0 Å². The Labute approximate surface area is 97.4 Å². The molecule has 0 atom stereocenters. The maximum Gasteiger partial charge on any atom is 0.238 e. The van der Waals surface area contributed by atoms with Crippen LogP contribution in [-0.2, 0) is 4.79 Å². The molecule has 1 aromatic rings. The molecule has 6 heteroatoms. The van der Waals surface area contributed by atoms with Gasteiger partial charge in [0.25, 0.3) is 0 Å². The van der Waals surface area contributed by atoms with Crippen LogP contribution in [0.15, 0.2) is 18.2 Å². The molecule has 2 rings (SSSR count). The van der Waals surface area contributed by atoms with Crippen LogP contribution >= 0.6 is 0 Å². The van der Waals surface area contributed by atoms with Crippen molar-refractivity contribution in [1.29, 1.82) is 0 Å². The second-order valence-corrected chi connectivity index (χ2v) is 4.13. The zero-order valence-corrected chi connectivity index (χ0v) is 9.12. The molecule has 17 heavy (non-hydrogen) atoms. The average molecular weight is 241 g/mol. The lowest BCUT2D eigenvalue weighted by atomic mass is 10.1. The minimum Gasteiger partial charge on any atom is -0.325 e. The molecule has 3 N–H and O–H groups in total. The molecule has 1 aliphatic rings. The van der Waals surface area contributed by atoms with Crippen molar-refractivity contribution in [3.63, 3.8) is 0 Å². The molecule has 92 valence electrons. The summed E-state index contributed by atoms with van der Waals surface area (Å²) >= 11 is 0. The van der Waals surface area contributed by atoms with Gasteiger partial charge < -0.3 is 11.1 Å². The third-order valence-corrected chi connectivity index (χ3v) is 2.56. The van der Waals surface area contributed by atoms with E-state index in [1.54, 1.807) is 0 Å². The SMILES string of the molecule is NC1CN(CC(=O)Nc2ccc(F)c(F)c2)C1. The van der Waals surface area contributed by atoms with Crippen molar-refractivity contribution in [2.24, 2.45) is 5.73 Å². The van der Waals surface area contributed by atoms with E-state index in [2.05, 4.69) is 5.32 Å². The van der Waals surface area contributed by atoms with Gasteiger partial charge in [0, 0.05) is 30.9 Å². The summed E-state index contributed by atoms with van der Waals surface area (Å²) in [6.07, 6.45) is 0. The standard InChI is InChI=1S/C11H13F2N3O/c12-9-2-1-8(3-10(9)13)15-11(17)6-16-4-7(14)5-16/h1-3,7H,4-6,14H2,(H,15,17). The highest BCUT2D eigenvalue weighted by Crippen LogP contribution is 2.13. The maximum absolute atomic E-state index is 12.9. The summed E-state index contributed by atoms with van der Waals surface area (Å²) in [5, 5.41) is 2.50. The van der Waals surface area contributed by atoms with E-state index in [4.69, 9.17) is 5.73 Å². The summed E-state index contributed by atoms with van der Waals surface area (Å²) in [6.45, 7) is 1.59. The minimum atomic E-state index is -0.978.